The zero-order valence-corrected chi connectivity index (χ0v) is 14.9. The van der Waals surface area contributed by atoms with E-state index in [0.29, 0.717) is 17.9 Å². The molecule has 26 heavy (non-hydrogen) atoms. The molecule has 1 aromatic carbocycles. The van der Waals surface area contributed by atoms with Crippen molar-refractivity contribution in [3.63, 3.8) is 0 Å². The van der Waals surface area contributed by atoms with Crippen LogP contribution in [0.25, 0.3) is 0 Å². The van der Waals surface area contributed by atoms with Gasteiger partial charge >= 0.3 is 0 Å². The predicted molar refractivity (Wildman–Crippen MR) is 103 cm³/mol. The molecule has 1 aromatic heterocycles. The third-order valence-corrected chi connectivity index (χ3v) is 5.07. The molecule has 1 saturated heterocycles. The van der Waals surface area contributed by atoms with E-state index in [1.54, 1.807) is 30.5 Å². The maximum Gasteiger partial charge on any atom is 0.212 e. The highest BCUT2D eigenvalue weighted by atomic mass is 16.1. The van der Waals surface area contributed by atoms with Gasteiger partial charge in [-0.2, -0.15) is 0 Å². The second-order valence-electron chi connectivity index (χ2n) is 7.03. The SMILES string of the molecule is CC1(CN)CCN(c2cnc(C(=N)C(=O)c3ccccc3)c(N)n2)CC1. The molecular formula is C19H24N6O. The van der Waals surface area contributed by atoms with Crippen LogP contribution in [0.5, 0.6) is 0 Å². The summed E-state index contributed by atoms with van der Waals surface area (Å²) in [6, 6.07) is 8.65. The van der Waals surface area contributed by atoms with Crippen molar-refractivity contribution in [3.05, 3.63) is 47.8 Å². The highest BCUT2D eigenvalue weighted by molar-refractivity contribution is 6.50. The molecule has 1 fully saturated rings. The van der Waals surface area contributed by atoms with E-state index in [4.69, 9.17) is 16.9 Å². The van der Waals surface area contributed by atoms with E-state index < -0.39 is 5.78 Å². The van der Waals surface area contributed by atoms with Gasteiger partial charge in [-0.05, 0) is 24.8 Å². The van der Waals surface area contributed by atoms with Crippen LogP contribution < -0.4 is 16.4 Å². The van der Waals surface area contributed by atoms with Gasteiger partial charge in [-0.15, -0.1) is 0 Å². The monoisotopic (exact) mass is 352 g/mol. The summed E-state index contributed by atoms with van der Waals surface area (Å²) in [5, 5.41) is 8.15. The highest BCUT2D eigenvalue weighted by Gasteiger charge is 2.29. The van der Waals surface area contributed by atoms with Gasteiger partial charge in [0.15, 0.2) is 5.82 Å². The molecule has 3 rings (SSSR count). The second-order valence-corrected chi connectivity index (χ2v) is 7.03. The molecule has 0 aliphatic carbocycles. The first-order chi connectivity index (χ1) is 12.4. The lowest BCUT2D eigenvalue weighted by Gasteiger charge is -2.39. The van der Waals surface area contributed by atoms with Gasteiger partial charge in [0.05, 0.1) is 6.20 Å². The number of nitrogen functional groups attached to an aromatic ring is 1. The molecule has 1 aliphatic rings. The summed E-state index contributed by atoms with van der Waals surface area (Å²) in [5.74, 6) is 0.352. The predicted octanol–water partition coefficient (Wildman–Crippen LogP) is 1.87. The van der Waals surface area contributed by atoms with Gasteiger partial charge < -0.3 is 16.4 Å². The molecule has 0 saturated carbocycles. The third kappa shape index (κ3) is 3.57. The van der Waals surface area contributed by atoms with E-state index in [-0.39, 0.29) is 22.6 Å². The number of carbonyl (C=O) groups excluding carboxylic acids is 1. The minimum absolute atomic E-state index is 0.101. The molecule has 0 spiro atoms. The lowest BCUT2D eigenvalue weighted by Crippen LogP contribution is -2.42. The minimum atomic E-state index is -0.420. The summed E-state index contributed by atoms with van der Waals surface area (Å²) in [4.78, 5) is 23.2. The van der Waals surface area contributed by atoms with Crippen LogP contribution in [0.1, 0.15) is 35.8 Å². The summed E-state index contributed by atoms with van der Waals surface area (Å²) in [7, 11) is 0. The highest BCUT2D eigenvalue weighted by Crippen LogP contribution is 2.31. The van der Waals surface area contributed by atoms with Crippen molar-refractivity contribution >= 4 is 23.1 Å². The molecule has 0 bridgehead atoms. The molecule has 2 heterocycles. The Morgan fingerprint density at radius 3 is 2.50 bits per heavy atom. The number of nitrogens with zero attached hydrogens (tertiary/aromatic N) is 3. The van der Waals surface area contributed by atoms with Crippen molar-refractivity contribution in [2.24, 2.45) is 11.1 Å². The molecule has 0 amide bonds. The fourth-order valence-corrected chi connectivity index (χ4v) is 3.06. The van der Waals surface area contributed by atoms with Crippen LogP contribution in [-0.2, 0) is 0 Å². The van der Waals surface area contributed by atoms with Crippen molar-refractivity contribution in [2.75, 3.05) is 30.3 Å². The van der Waals surface area contributed by atoms with Gasteiger partial charge in [0.2, 0.25) is 5.78 Å². The fraction of sp³-hybridized carbons (Fsp3) is 0.368. The minimum Gasteiger partial charge on any atom is -0.382 e. The number of ketones is 1. The van der Waals surface area contributed by atoms with Crippen LogP contribution in [0.3, 0.4) is 0 Å². The topological polar surface area (TPSA) is 122 Å². The van der Waals surface area contributed by atoms with Crippen LogP contribution in [0.2, 0.25) is 0 Å². The van der Waals surface area contributed by atoms with E-state index in [0.717, 1.165) is 25.9 Å². The molecule has 136 valence electrons. The van der Waals surface area contributed by atoms with Crippen LogP contribution >= 0.6 is 0 Å². The number of benzene rings is 1. The molecular weight excluding hydrogens is 328 g/mol. The maximum absolute atomic E-state index is 12.4. The zero-order valence-electron chi connectivity index (χ0n) is 14.9. The summed E-state index contributed by atoms with van der Waals surface area (Å²) < 4.78 is 0. The zero-order chi connectivity index (χ0) is 18.7. The average Bonchev–Trinajstić information content (AvgIpc) is 2.68. The lowest BCUT2D eigenvalue weighted by molar-refractivity contribution is 0.106. The van der Waals surface area contributed by atoms with Gasteiger partial charge in [-0.1, -0.05) is 37.3 Å². The Labute approximate surface area is 152 Å². The first kappa shape index (κ1) is 18.0. The number of piperidine rings is 1. The van der Waals surface area contributed by atoms with Crippen LogP contribution in [0.4, 0.5) is 11.6 Å². The summed E-state index contributed by atoms with van der Waals surface area (Å²) in [6.07, 6.45) is 3.55. The number of anilines is 2. The van der Waals surface area contributed by atoms with Gasteiger partial charge in [-0.3, -0.25) is 10.2 Å². The maximum atomic E-state index is 12.4. The molecule has 5 N–H and O–H groups in total. The molecule has 0 unspecified atom stereocenters. The number of aromatic nitrogens is 2. The van der Waals surface area contributed by atoms with E-state index in [9.17, 15) is 4.79 Å². The normalized spacial score (nSPS) is 16.3. The molecule has 0 atom stereocenters. The fourth-order valence-electron chi connectivity index (χ4n) is 3.06. The number of Topliss-reactive ketones (excluding diaryl/α,β-unsaturated/α-hetero) is 1. The number of rotatable bonds is 5. The Morgan fingerprint density at radius 2 is 1.92 bits per heavy atom. The molecule has 7 nitrogen and oxygen atoms in total. The van der Waals surface area contributed by atoms with Crippen molar-refractivity contribution in [2.45, 2.75) is 19.8 Å². The van der Waals surface area contributed by atoms with Crippen LogP contribution in [0, 0.1) is 10.8 Å². The molecule has 0 radical (unpaired) electrons. The van der Waals surface area contributed by atoms with Crippen molar-refractivity contribution in [1.29, 1.82) is 5.41 Å². The Balaban J connectivity index is 1.76. The quantitative estimate of drug-likeness (QED) is 0.558. The number of hydrogen-bond acceptors (Lipinski definition) is 7. The van der Waals surface area contributed by atoms with E-state index in [1.807, 2.05) is 6.07 Å². The third-order valence-electron chi connectivity index (χ3n) is 5.07. The number of carbonyl (C=O) groups is 1. The summed E-state index contributed by atoms with van der Waals surface area (Å²) >= 11 is 0. The average molecular weight is 352 g/mol. The standard InChI is InChI=1S/C19H24N6O/c1-19(12-20)7-9-25(10-8-19)14-11-23-16(18(22)24-14)15(21)17(26)13-5-3-2-4-6-13/h2-6,11,21H,7-10,12,20H2,1H3,(H2,22,24). The summed E-state index contributed by atoms with van der Waals surface area (Å²) in [5.41, 5.74) is 12.3. The number of hydrogen-bond donors (Lipinski definition) is 3. The van der Waals surface area contributed by atoms with Crippen molar-refractivity contribution in [1.82, 2.24) is 9.97 Å². The van der Waals surface area contributed by atoms with E-state index in [1.165, 1.54) is 0 Å². The van der Waals surface area contributed by atoms with E-state index >= 15 is 0 Å². The van der Waals surface area contributed by atoms with E-state index in [2.05, 4.69) is 21.8 Å². The van der Waals surface area contributed by atoms with Crippen LogP contribution in [-0.4, -0.2) is 41.1 Å². The second kappa shape index (κ2) is 7.21. The molecule has 2 aromatic rings. The lowest BCUT2D eigenvalue weighted by atomic mass is 9.80. The van der Waals surface area contributed by atoms with Gasteiger partial charge in [0.25, 0.3) is 0 Å². The Morgan fingerprint density at radius 1 is 1.27 bits per heavy atom. The van der Waals surface area contributed by atoms with Crippen molar-refractivity contribution < 1.29 is 4.79 Å². The van der Waals surface area contributed by atoms with Crippen LogP contribution in [0.15, 0.2) is 36.5 Å². The first-order valence-electron chi connectivity index (χ1n) is 8.70. The Bertz CT molecular complexity index is 812. The number of nitrogens with two attached hydrogens (primary N) is 2. The molecule has 7 heteroatoms. The first-order valence-corrected chi connectivity index (χ1v) is 8.70. The smallest absolute Gasteiger partial charge is 0.212 e. The Hall–Kier alpha value is -2.80. The number of nitrogens with one attached hydrogen (secondary N) is 1. The summed E-state index contributed by atoms with van der Waals surface area (Å²) in [6.45, 7) is 4.54. The Kier molecular flexibility index (Phi) is 4.99. The van der Waals surface area contributed by atoms with Gasteiger partial charge in [-0.25, -0.2) is 9.97 Å². The van der Waals surface area contributed by atoms with Crippen molar-refractivity contribution in [3.8, 4) is 0 Å². The molecule has 1 aliphatic heterocycles. The van der Waals surface area contributed by atoms with Gasteiger partial charge in [0, 0.05) is 18.7 Å². The largest absolute Gasteiger partial charge is 0.382 e. The van der Waals surface area contributed by atoms with Gasteiger partial charge in [0.1, 0.15) is 17.2 Å².